The van der Waals surface area contributed by atoms with Gasteiger partial charge in [0.25, 0.3) is 0 Å². The smallest absolute Gasteiger partial charge is 0.136 e. The third-order valence-corrected chi connectivity index (χ3v) is 1.50. The van der Waals surface area contributed by atoms with Gasteiger partial charge in [0.05, 0.1) is 0 Å². The van der Waals surface area contributed by atoms with Crippen molar-refractivity contribution in [3.8, 4) is 0 Å². The number of allylic oxidation sites excluding steroid dienone is 1. The second-order valence-corrected chi connectivity index (χ2v) is 2.59. The first-order valence-corrected chi connectivity index (χ1v) is 4.08. The summed E-state index contributed by atoms with van der Waals surface area (Å²) in [6, 6.07) is 0. The van der Waals surface area contributed by atoms with Crippen molar-refractivity contribution in [2.75, 3.05) is 6.54 Å². The molecule has 0 heterocycles. The molecular formula is C9H16NO. The molecule has 0 aliphatic carbocycles. The number of hydrogen-bond acceptors (Lipinski definition) is 1. The first-order chi connectivity index (χ1) is 5.31. The molecule has 2 nitrogen and oxygen atoms in total. The van der Waals surface area contributed by atoms with Crippen LogP contribution in [0.3, 0.4) is 0 Å². The van der Waals surface area contributed by atoms with Crippen LogP contribution in [0.25, 0.3) is 0 Å². The number of carbonyl (C=O) groups is 1. The quantitative estimate of drug-likeness (QED) is 0.408. The van der Waals surface area contributed by atoms with E-state index < -0.39 is 0 Å². The highest BCUT2D eigenvalue weighted by Crippen LogP contribution is 2.01. The molecule has 0 aliphatic rings. The fourth-order valence-corrected chi connectivity index (χ4v) is 0.887. The van der Waals surface area contributed by atoms with E-state index in [4.69, 9.17) is 5.73 Å². The summed E-state index contributed by atoms with van der Waals surface area (Å²) in [6.45, 7) is 3.98. The fraction of sp³-hybridized carbons (Fsp3) is 0.667. The van der Waals surface area contributed by atoms with E-state index in [1.165, 1.54) is 0 Å². The molecule has 0 aliphatic heterocycles. The maximum atomic E-state index is 10.9. The Balaban J connectivity index is 3.10. The van der Waals surface area contributed by atoms with Gasteiger partial charge in [-0.1, -0.05) is 12.5 Å². The molecule has 0 unspecified atom stereocenters. The van der Waals surface area contributed by atoms with Crippen LogP contribution in [0.2, 0.25) is 0 Å². The predicted molar refractivity (Wildman–Crippen MR) is 46.3 cm³/mol. The minimum Gasteiger partial charge on any atom is -0.299 e. The minimum atomic E-state index is 0.269. The zero-order chi connectivity index (χ0) is 8.53. The number of Topliss-reactive ketones (excluding diaryl/α,β-unsaturated/α-hetero) is 1. The number of carbonyl (C=O) groups excluding carboxylic acids is 1. The highest BCUT2D eigenvalue weighted by Gasteiger charge is 1.97. The minimum absolute atomic E-state index is 0.269. The average molecular weight is 154 g/mol. The summed E-state index contributed by atoms with van der Waals surface area (Å²) in [4.78, 5) is 10.9. The van der Waals surface area contributed by atoms with Gasteiger partial charge < -0.3 is 0 Å². The number of nitrogens with one attached hydrogen (secondary N) is 1. The topological polar surface area (TPSA) is 40.9 Å². The molecule has 11 heavy (non-hydrogen) atoms. The average Bonchev–Trinajstić information content (AvgIpc) is 1.99. The summed E-state index contributed by atoms with van der Waals surface area (Å²) in [7, 11) is 0. The third-order valence-electron chi connectivity index (χ3n) is 1.50. The van der Waals surface area contributed by atoms with Crippen LogP contribution in [-0.2, 0) is 4.79 Å². The van der Waals surface area contributed by atoms with E-state index in [0.717, 1.165) is 19.3 Å². The third kappa shape index (κ3) is 7.26. The van der Waals surface area contributed by atoms with Crippen molar-refractivity contribution in [1.82, 2.24) is 5.73 Å². The summed E-state index contributed by atoms with van der Waals surface area (Å²) >= 11 is 0. The van der Waals surface area contributed by atoms with Crippen LogP contribution in [0.5, 0.6) is 0 Å². The molecule has 0 fully saturated rings. The van der Waals surface area contributed by atoms with E-state index in [1.54, 1.807) is 6.08 Å². The summed E-state index contributed by atoms with van der Waals surface area (Å²) in [6.07, 6.45) is 5.67. The highest BCUT2D eigenvalue weighted by molar-refractivity contribution is 5.79. The second kappa shape index (κ2) is 7.48. The number of hydrogen-bond donors (Lipinski definition) is 0. The molecule has 0 bridgehead atoms. The van der Waals surface area contributed by atoms with Gasteiger partial charge in [0.2, 0.25) is 0 Å². The molecule has 0 aromatic rings. The Hall–Kier alpha value is -0.630. The Kier molecular flexibility index (Phi) is 7.05. The van der Waals surface area contributed by atoms with E-state index in [9.17, 15) is 4.79 Å². The molecule has 0 saturated carbocycles. The summed E-state index contributed by atoms with van der Waals surface area (Å²) < 4.78 is 0. The second-order valence-electron chi connectivity index (χ2n) is 2.59. The summed E-state index contributed by atoms with van der Waals surface area (Å²) in [5.41, 5.74) is 6.87. The molecule has 1 N–H and O–H groups in total. The van der Waals surface area contributed by atoms with Gasteiger partial charge in [-0.05, 0) is 12.8 Å². The maximum Gasteiger partial charge on any atom is 0.136 e. The molecule has 0 amide bonds. The van der Waals surface area contributed by atoms with E-state index >= 15 is 0 Å². The van der Waals surface area contributed by atoms with Gasteiger partial charge in [0, 0.05) is 19.4 Å². The van der Waals surface area contributed by atoms with Gasteiger partial charge in [-0.15, -0.1) is 6.58 Å². The van der Waals surface area contributed by atoms with Crippen molar-refractivity contribution in [2.45, 2.75) is 32.1 Å². The van der Waals surface area contributed by atoms with Crippen molar-refractivity contribution >= 4 is 5.78 Å². The van der Waals surface area contributed by atoms with E-state index in [-0.39, 0.29) is 5.78 Å². The normalized spacial score (nSPS) is 9.55. The van der Waals surface area contributed by atoms with Crippen LogP contribution in [0.4, 0.5) is 0 Å². The number of rotatable bonds is 7. The summed E-state index contributed by atoms with van der Waals surface area (Å²) in [5.74, 6) is 0.269. The molecule has 0 rings (SSSR count). The van der Waals surface area contributed by atoms with Crippen molar-refractivity contribution in [2.24, 2.45) is 0 Å². The molecule has 0 saturated heterocycles. The standard InChI is InChI=1S/C9H16NO/c1-2-6-9(11)7-4-3-5-8-10/h2,10H,1,3-8H2. The Bertz CT molecular complexity index is 121. The van der Waals surface area contributed by atoms with Crippen molar-refractivity contribution in [3.05, 3.63) is 12.7 Å². The number of unbranched alkanes of at least 4 members (excludes halogenated alkanes) is 2. The zero-order valence-corrected chi connectivity index (χ0v) is 6.94. The van der Waals surface area contributed by atoms with Crippen molar-refractivity contribution < 1.29 is 4.79 Å². The van der Waals surface area contributed by atoms with Crippen LogP contribution in [0, 0.1) is 0 Å². The Morgan fingerprint density at radius 2 is 2.09 bits per heavy atom. The Morgan fingerprint density at radius 3 is 2.64 bits per heavy atom. The molecule has 1 radical (unpaired) electrons. The van der Waals surface area contributed by atoms with Gasteiger partial charge in [-0.25, -0.2) is 0 Å². The lowest BCUT2D eigenvalue weighted by Crippen LogP contribution is -1.95. The Labute approximate surface area is 68.5 Å². The molecule has 0 spiro atoms. The lowest BCUT2D eigenvalue weighted by Gasteiger charge is -1.96. The molecular weight excluding hydrogens is 138 g/mol. The molecule has 2 heteroatoms. The lowest BCUT2D eigenvalue weighted by molar-refractivity contribution is -0.118. The van der Waals surface area contributed by atoms with Crippen LogP contribution in [0.1, 0.15) is 32.1 Å². The van der Waals surface area contributed by atoms with Gasteiger partial charge in [0.1, 0.15) is 5.78 Å². The zero-order valence-electron chi connectivity index (χ0n) is 6.94. The van der Waals surface area contributed by atoms with E-state index in [0.29, 0.717) is 19.4 Å². The van der Waals surface area contributed by atoms with Crippen LogP contribution in [-0.4, -0.2) is 12.3 Å². The van der Waals surface area contributed by atoms with Gasteiger partial charge in [0.15, 0.2) is 0 Å². The van der Waals surface area contributed by atoms with Gasteiger partial charge in [-0.3, -0.25) is 10.5 Å². The predicted octanol–water partition coefficient (Wildman–Crippen LogP) is 1.97. The SMILES string of the molecule is C=CCC(=O)CCCCC[NH]. The summed E-state index contributed by atoms with van der Waals surface area (Å²) in [5, 5.41) is 0. The monoisotopic (exact) mass is 154 g/mol. The lowest BCUT2D eigenvalue weighted by atomic mass is 10.1. The van der Waals surface area contributed by atoms with Crippen LogP contribution in [0.15, 0.2) is 12.7 Å². The van der Waals surface area contributed by atoms with Crippen LogP contribution >= 0.6 is 0 Å². The van der Waals surface area contributed by atoms with Crippen molar-refractivity contribution in [1.29, 1.82) is 0 Å². The molecule has 63 valence electrons. The number of ketones is 1. The van der Waals surface area contributed by atoms with Gasteiger partial charge >= 0.3 is 0 Å². The van der Waals surface area contributed by atoms with E-state index in [1.807, 2.05) is 0 Å². The van der Waals surface area contributed by atoms with Gasteiger partial charge in [-0.2, -0.15) is 0 Å². The molecule has 0 atom stereocenters. The molecule has 0 aromatic heterocycles. The Morgan fingerprint density at radius 1 is 1.36 bits per heavy atom. The first kappa shape index (κ1) is 10.4. The van der Waals surface area contributed by atoms with Crippen LogP contribution < -0.4 is 5.73 Å². The highest BCUT2D eigenvalue weighted by atomic mass is 16.1. The fourth-order valence-electron chi connectivity index (χ4n) is 0.887. The first-order valence-electron chi connectivity index (χ1n) is 4.08. The van der Waals surface area contributed by atoms with Crippen molar-refractivity contribution in [3.63, 3.8) is 0 Å². The largest absolute Gasteiger partial charge is 0.299 e. The maximum absolute atomic E-state index is 10.9. The van der Waals surface area contributed by atoms with E-state index in [2.05, 4.69) is 6.58 Å². The molecule has 0 aromatic carbocycles.